The summed E-state index contributed by atoms with van der Waals surface area (Å²) in [6, 6.07) is 14.1. The molecule has 2 amide bonds. The summed E-state index contributed by atoms with van der Waals surface area (Å²) in [5.41, 5.74) is 1.09. The fraction of sp³-hybridized carbons (Fsp3) is 0.125. The van der Waals surface area contributed by atoms with Crippen molar-refractivity contribution in [3.05, 3.63) is 68.6 Å². The predicted octanol–water partition coefficient (Wildman–Crippen LogP) is 3.58. The predicted molar refractivity (Wildman–Crippen MR) is 90.7 cm³/mol. The first-order chi connectivity index (χ1) is 11.0. The molecule has 2 aromatic carbocycles. The Kier molecular flexibility index (Phi) is 4.52. The van der Waals surface area contributed by atoms with Crippen LogP contribution in [0.2, 0.25) is 0 Å². The van der Waals surface area contributed by atoms with Crippen LogP contribution in [0.25, 0.3) is 0 Å². The molecule has 118 valence electrons. The highest BCUT2D eigenvalue weighted by Crippen LogP contribution is 2.33. The van der Waals surface area contributed by atoms with Crippen molar-refractivity contribution in [3.63, 3.8) is 0 Å². The molecule has 1 aliphatic rings. The standard InChI is InChI=1S/C16H12Br2N2O3/c17-11-5-3-4-10(8-11)15-19(9-14(21)20(15)23)16(22)12-6-1-2-7-13(12)18/h1-8,15,23H,9H2. The Morgan fingerprint density at radius 2 is 1.87 bits per heavy atom. The van der Waals surface area contributed by atoms with E-state index in [1.807, 2.05) is 6.07 Å². The molecule has 1 unspecified atom stereocenters. The third-order valence-corrected chi connectivity index (χ3v) is 4.78. The van der Waals surface area contributed by atoms with Crippen LogP contribution in [-0.4, -0.2) is 33.5 Å². The van der Waals surface area contributed by atoms with Gasteiger partial charge in [0.05, 0.1) is 5.56 Å². The highest BCUT2D eigenvalue weighted by atomic mass is 79.9. The molecule has 1 atom stereocenters. The van der Waals surface area contributed by atoms with E-state index in [0.29, 0.717) is 20.7 Å². The van der Waals surface area contributed by atoms with E-state index in [-0.39, 0.29) is 12.5 Å². The molecule has 0 radical (unpaired) electrons. The molecule has 7 heteroatoms. The minimum Gasteiger partial charge on any atom is -0.302 e. The summed E-state index contributed by atoms with van der Waals surface area (Å²) < 4.78 is 1.44. The maximum Gasteiger partial charge on any atom is 0.267 e. The average Bonchev–Trinajstić information content (AvgIpc) is 2.83. The summed E-state index contributed by atoms with van der Waals surface area (Å²) in [7, 11) is 0. The van der Waals surface area contributed by atoms with Crippen LogP contribution in [0.15, 0.2) is 57.5 Å². The second-order valence-corrected chi connectivity index (χ2v) is 6.85. The Balaban J connectivity index is 2.01. The van der Waals surface area contributed by atoms with E-state index in [2.05, 4.69) is 31.9 Å². The number of carbonyl (C=O) groups is 2. The smallest absolute Gasteiger partial charge is 0.267 e. The number of rotatable bonds is 2. The van der Waals surface area contributed by atoms with Gasteiger partial charge in [0.15, 0.2) is 6.17 Å². The number of benzene rings is 2. The number of hydrogen-bond acceptors (Lipinski definition) is 3. The molecular weight excluding hydrogens is 428 g/mol. The molecule has 23 heavy (non-hydrogen) atoms. The topological polar surface area (TPSA) is 60.9 Å². The minimum atomic E-state index is -0.848. The third-order valence-electron chi connectivity index (χ3n) is 3.60. The van der Waals surface area contributed by atoms with Crippen molar-refractivity contribution >= 4 is 43.7 Å². The van der Waals surface area contributed by atoms with Crippen molar-refractivity contribution < 1.29 is 14.8 Å². The summed E-state index contributed by atoms with van der Waals surface area (Å²) in [6.07, 6.45) is -0.848. The molecule has 1 aliphatic heterocycles. The van der Waals surface area contributed by atoms with Crippen molar-refractivity contribution in [1.82, 2.24) is 9.96 Å². The van der Waals surface area contributed by atoms with E-state index in [4.69, 9.17) is 0 Å². The summed E-state index contributed by atoms with van der Waals surface area (Å²) in [5, 5.41) is 10.7. The van der Waals surface area contributed by atoms with E-state index in [1.165, 1.54) is 4.90 Å². The lowest BCUT2D eigenvalue weighted by Gasteiger charge is -2.27. The van der Waals surface area contributed by atoms with Gasteiger partial charge in [-0.25, -0.2) is 0 Å². The van der Waals surface area contributed by atoms with Crippen molar-refractivity contribution in [3.8, 4) is 0 Å². The lowest BCUT2D eigenvalue weighted by Crippen LogP contribution is -2.34. The van der Waals surface area contributed by atoms with Gasteiger partial charge in [-0.05, 0) is 45.8 Å². The van der Waals surface area contributed by atoms with Crippen molar-refractivity contribution in [2.45, 2.75) is 6.17 Å². The molecule has 1 fully saturated rings. The SMILES string of the molecule is O=C1CN(C(=O)c2ccccc2Br)C(c2cccc(Br)c2)N1O. The number of amides is 2. The van der Waals surface area contributed by atoms with Gasteiger partial charge in [-0.3, -0.25) is 14.8 Å². The van der Waals surface area contributed by atoms with Crippen LogP contribution in [-0.2, 0) is 4.79 Å². The van der Waals surface area contributed by atoms with Gasteiger partial charge >= 0.3 is 0 Å². The fourth-order valence-electron chi connectivity index (χ4n) is 2.53. The molecule has 5 nitrogen and oxygen atoms in total. The molecule has 0 bridgehead atoms. The Bertz CT molecular complexity index is 781. The minimum absolute atomic E-state index is 0.173. The molecule has 1 N–H and O–H groups in total. The van der Waals surface area contributed by atoms with E-state index in [9.17, 15) is 14.8 Å². The molecule has 2 aromatic rings. The maximum absolute atomic E-state index is 12.8. The van der Waals surface area contributed by atoms with Crippen LogP contribution in [0, 0.1) is 0 Å². The number of halogens is 2. The second kappa shape index (κ2) is 6.43. The van der Waals surface area contributed by atoms with E-state index in [1.54, 1.807) is 42.5 Å². The Hall–Kier alpha value is -1.70. The van der Waals surface area contributed by atoms with Gasteiger partial charge in [-0.2, -0.15) is 5.06 Å². The van der Waals surface area contributed by atoms with Crippen molar-refractivity contribution in [1.29, 1.82) is 0 Å². The normalized spacial score (nSPS) is 17.7. The largest absolute Gasteiger partial charge is 0.302 e. The fourth-order valence-corrected chi connectivity index (χ4v) is 3.40. The van der Waals surface area contributed by atoms with Crippen molar-refractivity contribution in [2.75, 3.05) is 6.54 Å². The van der Waals surface area contributed by atoms with Gasteiger partial charge in [0.25, 0.3) is 11.8 Å². The lowest BCUT2D eigenvalue weighted by atomic mass is 10.1. The molecule has 1 heterocycles. The summed E-state index contributed by atoms with van der Waals surface area (Å²) >= 11 is 6.71. The Morgan fingerprint density at radius 3 is 2.57 bits per heavy atom. The molecule has 0 saturated carbocycles. The van der Waals surface area contributed by atoms with Crippen LogP contribution >= 0.6 is 31.9 Å². The van der Waals surface area contributed by atoms with Gasteiger partial charge in [-0.15, -0.1) is 0 Å². The number of hydrogen-bond donors (Lipinski definition) is 1. The molecular formula is C16H12Br2N2O3. The van der Waals surface area contributed by atoms with E-state index < -0.39 is 12.1 Å². The van der Waals surface area contributed by atoms with Gasteiger partial charge in [0.2, 0.25) is 0 Å². The zero-order valence-electron chi connectivity index (χ0n) is 11.8. The van der Waals surface area contributed by atoms with E-state index in [0.717, 1.165) is 4.47 Å². The monoisotopic (exact) mass is 438 g/mol. The first-order valence-corrected chi connectivity index (χ1v) is 8.39. The molecule has 0 spiro atoms. The van der Waals surface area contributed by atoms with Crippen LogP contribution in [0.4, 0.5) is 0 Å². The van der Waals surface area contributed by atoms with Gasteiger partial charge in [-0.1, -0.05) is 40.2 Å². The second-order valence-electron chi connectivity index (χ2n) is 5.08. The molecule has 1 saturated heterocycles. The third kappa shape index (κ3) is 3.04. The van der Waals surface area contributed by atoms with Crippen LogP contribution in [0.5, 0.6) is 0 Å². The first-order valence-electron chi connectivity index (χ1n) is 6.81. The summed E-state index contributed by atoms with van der Waals surface area (Å²) in [4.78, 5) is 26.1. The Labute approximate surface area is 149 Å². The van der Waals surface area contributed by atoms with Gasteiger partial charge in [0, 0.05) is 8.95 Å². The zero-order chi connectivity index (χ0) is 16.6. The number of hydroxylamine groups is 2. The number of carbonyl (C=O) groups excluding carboxylic acids is 2. The maximum atomic E-state index is 12.8. The highest BCUT2D eigenvalue weighted by Gasteiger charge is 2.41. The van der Waals surface area contributed by atoms with Crippen molar-refractivity contribution in [2.24, 2.45) is 0 Å². The number of nitrogens with zero attached hydrogens (tertiary/aromatic N) is 2. The first kappa shape index (κ1) is 16.2. The summed E-state index contributed by atoms with van der Waals surface area (Å²) in [5.74, 6) is -0.845. The highest BCUT2D eigenvalue weighted by molar-refractivity contribution is 9.10. The van der Waals surface area contributed by atoms with Crippen LogP contribution < -0.4 is 0 Å². The summed E-state index contributed by atoms with van der Waals surface area (Å²) in [6.45, 7) is -0.173. The quantitative estimate of drug-likeness (QED) is 0.727. The molecule has 3 rings (SSSR count). The van der Waals surface area contributed by atoms with Crippen LogP contribution in [0.1, 0.15) is 22.1 Å². The zero-order valence-corrected chi connectivity index (χ0v) is 15.0. The average molecular weight is 440 g/mol. The van der Waals surface area contributed by atoms with Gasteiger partial charge < -0.3 is 4.90 Å². The van der Waals surface area contributed by atoms with E-state index >= 15 is 0 Å². The lowest BCUT2D eigenvalue weighted by molar-refractivity contribution is -0.168. The van der Waals surface area contributed by atoms with Gasteiger partial charge in [0.1, 0.15) is 6.54 Å². The Morgan fingerprint density at radius 1 is 1.13 bits per heavy atom. The molecule has 0 aliphatic carbocycles. The van der Waals surface area contributed by atoms with Crippen LogP contribution in [0.3, 0.4) is 0 Å². The molecule has 0 aromatic heterocycles.